The van der Waals surface area contributed by atoms with E-state index in [2.05, 4.69) is 44.7 Å². The van der Waals surface area contributed by atoms with Crippen LogP contribution in [-0.4, -0.2) is 31.5 Å². The number of alkyl halides is 3. The lowest BCUT2D eigenvalue weighted by molar-refractivity contribution is -0.174. The fourth-order valence-electron chi connectivity index (χ4n) is 2.13. The Morgan fingerprint density at radius 2 is 1.55 bits per heavy atom. The summed E-state index contributed by atoms with van der Waals surface area (Å²) in [6.45, 7) is 10.6. The molecule has 20 heavy (non-hydrogen) atoms. The molecular formula is C15H30F3NO. The number of halogens is 3. The van der Waals surface area contributed by atoms with Crippen LogP contribution in [0.15, 0.2) is 0 Å². The minimum absolute atomic E-state index is 0.0579. The highest BCUT2D eigenvalue weighted by molar-refractivity contribution is 4.83. The molecule has 0 bridgehead atoms. The largest absolute Gasteiger partial charge is 0.411 e. The maximum Gasteiger partial charge on any atom is 0.411 e. The zero-order chi connectivity index (χ0) is 15.9. The van der Waals surface area contributed by atoms with Crippen LogP contribution < -0.4 is 5.32 Å². The lowest BCUT2D eigenvalue weighted by atomic mass is 9.77. The SMILES string of the molecule is CCC(CC)(CCCOCC(F)(F)F)CNC(C)(C)C. The van der Waals surface area contributed by atoms with E-state index in [1.54, 1.807) is 0 Å². The van der Waals surface area contributed by atoms with Gasteiger partial charge in [0.25, 0.3) is 0 Å². The van der Waals surface area contributed by atoms with Gasteiger partial charge in [0, 0.05) is 18.7 Å². The normalized spacial score (nSPS) is 13.8. The van der Waals surface area contributed by atoms with Crippen molar-refractivity contribution in [3.05, 3.63) is 0 Å². The minimum atomic E-state index is -4.22. The van der Waals surface area contributed by atoms with Crippen LogP contribution in [0.25, 0.3) is 0 Å². The van der Waals surface area contributed by atoms with Crippen molar-refractivity contribution in [2.45, 2.75) is 72.0 Å². The van der Waals surface area contributed by atoms with Crippen molar-refractivity contribution in [1.82, 2.24) is 5.32 Å². The van der Waals surface area contributed by atoms with E-state index < -0.39 is 12.8 Å². The van der Waals surface area contributed by atoms with E-state index in [4.69, 9.17) is 0 Å². The fourth-order valence-corrected chi connectivity index (χ4v) is 2.13. The van der Waals surface area contributed by atoms with E-state index >= 15 is 0 Å². The third-order valence-electron chi connectivity index (χ3n) is 3.76. The molecule has 0 aliphatic heterocycles. The monoisotopic (exact) mass is 297 g/mol. The molecule has 0 atom stereocenters. The van der Waals surface area contributed by atoms with Crippen LogP contribution in [0, 0.1) is 5.41 Å². The molecule has 0 amide bonds. The van der Waals surface area contributed by atoms with Crippen molar-refractivity contribution in [1.29, 1.82) is 0 Å². The lowest BCUT2D eigenvalue weighted by Gasteiger charge is -2.35. The van der Waals surface area contributed by atoms with E-state index in [1.165, 1.54) is 0 Å². The van der Waals surface area contributed by atoms with Crippen LogP contribution in [0.5, 0.6) is 0 Å². The summed E-state index contributed by atoms with van der Waals surface area (Å²) in [7, 11) is 0. The molecule has 5 heteroatoms. The van der Waals surface area contributed by atoms with Crippen LogP contribution in [0.3, 0.4) is 0 Å². The summed E-state index contributed by atoms with van der Waals surface area (Å²) in [6, 6.07) is 0. The van der Waals surface area contributed by atoms with E-state index in [-0.39, 0.29) is 17.6 Å². The van der Waals surface area contributed by atoms with Gasteiger partial charge in [-0.3, -0.25) is 0 Å². The van der Waals surface area contributed by atoms with Gasteiger partial charge in [-0.05, 0) is 51.9 Å². The molecule has 0 heterocycles. The summed E-state index contributed by atoms with van der Waals surface area (Å²) in [5.41, 5.74) is 0.206. The Labute approximate surface area is 121 Å². The van der Waals surface area contributed by atoms with Crippen LogP contribution in [-0.2, 0) is 4.74 Å². The molecule has 0 radical (unpaired) electrons. The van der Waals surface area contributed by atoms with Gasteiger partial charge < -0.3 is 10.1 Å². The summed E-state index contributed by atoms with van der Waals surface area (Å²) in [5.74, 6) is 0. The zero-order valence-electron chi connectivity index (χ0n) is 13.5. The molecule has 1 N–H and O–H groups in total. The molecular weight excluding hydrogens is 267 g/mol. The summed E-state index contributed by atoms with van der Waals surface area (Å²) in [6.07, 6.45) is -0.622. The molecule has 2 nitrogen and oxygen atoms in total. The van der Waals surface area contributed by atoms with E-state index in [0.29, 0.717) is 6.42 Å². The van der Waals surface area contributed by atoms with Crippen molar-refractivity contribution in [3.8, 4) is 0 Å². The highest BCUT2D eigenvalue weighted by Crippen LogP contribution is 2.32. The summed E-state index contributed by atoms with van der Waals surface area (Å²) in [4.78, 5) is 0. The standard InChI is InChI=1S/C15H30F3NO/c1-6-14(7-2,11-19-13(3,4)5)9-8-10-20-12-15(16,17)18/h19H,6-12H2,1-5H3. The summed E-state index contributed by atoms with van der Waals surface area (Å²) in [5, 5.41) is 3.51. The molecule has 0 saturated heterocycles. The third kappa shape index (κ3) is 9.59. The number of hydrogen-bond donors (Lipinski definition) is 1. The molecule has 0 aromatic rings. The number of rotatable bonds is 9. The lowest BCUT2D eigenvalue weighted by Crippen LogP contribution is -2.43. The van der Waals surface area contributed by atoms with E-state index in [9.17, 15) is 13.2 Å². The maximum absolute atomic E-state index is 12.0. The first kappa shape index (κ1) is 19.7. The van der Waals surface area contributed by atoms with Crippen LogP contribution >= 0.6 is 0 Å². The third-order valence-corrected chi connectivity index (χ3v) is 3.76. The molecule has 0 unspecified atom stereocenters. The van der Waals surface area contributed by atoms with Gasteiger partial charge in [-0.1, -0.05) is 13.8 Å². The Hall–Kier alpha value is -0.290. The Balaban J connectivity index is 4.13. The summed E-state index contributed by atoms with van der Waals surface area (Å²) < 4.78 is 40.6. The van der Waals surface area contributed by atoms with Gasteiger partial charge in [-0.2, -0.15) is 13.2 Å². The molecule has 0 aromatic carbocycles. The van der Waals surface area contributed by atoms with Gasteiger partial charge in [-0.15, -0.1) is 0 Å². The van der Waals surface area contributed by atoms with Crippen molar-refractivity contribution < 1.29 is 17.9 Å². The molecule has 0 aromatic heterocycles. The van der Waals surface area contributed by atoms with Crippen LogP contribution in [0.1, 0.15) is 60.3 Å². The Morgan fingerprint density at radius 1 is 1.00 bits per heavy atom. The van der Waals surface area contributed by atoms with Crippen LogP contribution in [0.4, 0.5) is 13.2 Å². The number of nitrogens with one attached hydrogen (secondary N) is 1. The average Bonchev–Trinajstić information content (AvgIpc) is 2.31. The Bertz CT molecular complexity index is 255. The van der Waals surface area contributed by atoms with Gasteiger partial charge >= 0.3 is 6.18 Å². The minimum Gasteiger partial charge on any atom is -0.372 e. The van der Waals surface area contributed by atoms with Gasteiger partial charge in [0.05, 0.1) is 0 Å². The van der Waals surface area contributed by atoms with Crippen molar-refractivity contribution >= 4 is 0 Å². The zero-order valence-corrected chi connectivity index (χ0v) is 13.5. The maximum atomic E-state index is 12.0. The first-order chi connectivity index (χ1) is 9.04. The van der Waals surface area contributed by atoms with E-state index in [1.807, 2.05) is 0 Å². The first-order valence-corrected chi connectivity index (χ1v) is 7.43. The van der Waals surface area contributed by atoms with Gasteiger partial charge in [0.1, 0.15) is 6.61 Å². The average molecular weight is 297 g/mol. The second-order valence-electron chi connectivity index (χ2n) is 6.58. The van der Waals surface area contributed by atoms with Crippen molar-refractivity contribution in [2.24, 2.45) is 5.41 Å². The smallest absolute Gasteiger partial charge is 0.372 e. The molecule has 0 rings (SSSR count). The second kappa shape index (κ2) is 8.23. The molecule has 0 saturated carbocycles. The number of ether oxygens (including phenoxy) is 1. The van der Waals surface area contributed by atoms with Crippen molar-refractivity contribution in [3.63, 3.8) is 0 Å². The topological polar surface area (TPSA) is 21.3 Å². The predicted octanol–water partition coefficient (Wildman–Crippen LogP) is 4.54. The number of hydrogen-bond acceptors (Lipinski definition) is 2. The molecule has 0 aliphatic rings. The molecule has 0 fully saturated rings. The second-order valence-corrected chi connectivity index (χ2v) is 6.58. The van der Waals surface area contributed by atoms with E-state index in [0.717, 1.165) is 25.8 Å². The van der Waals surface area contributed by atoms with Crippen LogP contribution in [0.2, 0.25) is 0 Å². The Morgan fingerprint density at radius 3 is 1.95 bits per heavy atom. The predicted molar refractivity (Wildman–Crippen MR) is 76.9 cm³/mol. The van der Waals surface area contributed by atoms with Gasteiger partial charge in [-0.25, -0.2) is 0 Å². The first-order valence-electron chi connectivity index (χ1n) is 7.43. The Kier molecular flexibility index (Phi) is 8.11. The highest BCUT2D eigenvalue weighted by Gasteiger charge is 2.29. The molecule has 0 spiro atoms. The molecule has 0 aliphatic carbocycles. The van der Waals surface area contributed by atoms with Crippen molar-refractivity contribution in [2.75, 3.05) is 19.8 Å². The fraction of sp³-hybridized carbons (Fsp3) is 1.00. The summed E-state index contributed by atoms with van der Waals surface area (Å²) >= 11 is 0. The highest BCUT2D eigenvalue weighted by atomic mass is 19.4. The van der Waals surface area contributed by atoms with Gasteiger partial charge in [0.2, 0.25) is 0 Å². The quantitative estimate of drug-likeness (QED) is 0.631. The van der Waals surface area contributed by atoms with Gasteiger partial charge in [0.15, 0.2) is 0 Å². The molecule has 122 valence electrons.